The van der Waals surface area contributed by atoms with Crippen LogP contribution in [0.2, 0.25) is 5.15 Å². The highest BCUT2D eigenvalue weighted by molar-refractivity contribution is 9.10. The molecule has 1 aromatic heterocycles. The Morgan fingerprint density at radius 3 is 2.61 bits per heavy atom. The lowest BCUT2D eigenvalue weighted by atomic mass is 10.1. The Morgan fingerprint density at radius 2 is 2.11 bits per heavy atom. The Balaban J connectivity index is 2.59. The highest BCUT2D eigenvalue weighted by Gasteiger charge is 2.18. The lowest BCUT2D eigenvalue weighted by Crippen LogP contribution is -1.98. The van der Waals surface area contributed by atoms with Gasteiger partial charge in [0, 0.05) is 10.0 Å². The molecule has 0 aliphatic heterocycles. The molecular weight excluding hydrogens is 335 g/mol. The molecular formula is C13H13BrCl2N2. The van der Waals surface area contributed by atoms with Crippen molar-refractivity contribution in [3.05, 3.63) is 45.1 Å². The van der Waals surface area contributed by atoms with E-state index in [2.05, 4.69) is 34.9 Å². The molecule has 5 heteroatoms. The van der Waals surface area contributed by atoms with Gasteiger partial charge in [0.2, 0.25) is 0 Å². The second-order valence-corrected chi connectivity index (χ2v) is 5.88. The summed E-state index contributed by atoms with van der Waals surface area (Å²) in [5.74, 6) is 0.671. The van der Waals surface area contributed by atoms with Crippen LogP contribution >= 0.6 is 39.1 Å². The molecule has 1 heterocycles. The van der Waals surface area contributed by atoms with E-state index in [1.165, 1.54) is 0 Å². The molecule has 2 aromatic rings. The summed E-state index contributed by atoms with van der Waals surface area (Å²) in [7, 11) is 0. The highest BCUT2D eigenvalue weighted by Crippen LogP contribution is 2.30. The van der Waals surface area contributed by atoms with Crippen molar-refractivity contribution in [2.45, 2.75) is 25.6 Å². The van der Waals surface area contributed by atoms with Gasteiger partial charge in [-0.15, -0.1) is 11.6 Å². The third kappa shape index (κ3) is 2.58. The average molecular weight is 348 g/mol. The largest absolute Gasteiger partial charge is 0.222 e. The number of nitrogens with zero attached hydrogens (tertiary/aromatic N) is 2. The van der Waals surface area contributed by atoms with Crippen LogP contribution < -0.4 is 0 Å². The smallest absolute Gasteiger partial charge is 0.137 e. The molecule has 2 nitrogen and oxygen atoms in total. The van der Waals surface area contributed by atoms with Gasteiger partial charge in [-0.05, 0) is 24.1 Å². The summed E-state index contributed by atoms with van der Waals surface area (Å²) in [6, 6.07) is 7.85. The van der Waals surface area contributed by atoms with Gasteiger partial charge in [-0.3, -0.25) is 0 Å². The van der Waals surface area contributed by atoms with Crippen LogP contribution in [-0.2, 0) is 5.88 Å². The second kappa shape index (κ2) is 5.64. The van der Waals surface area contributed by atoms with Crippen LogP contribution in [0.3, 0.4) is 0 Å². The second-order valence-electron chi connectivity index (χ2n) is 4.33. The Hall–Kier alpha value is -0.510. The Bertz CT molecular complexity index is 564. The maximum atomic E-state index is 6.36. The van der Waals surface area contributed by atoms with Crippen molar-refractivity contribution in [3.8, 4) is 5.69 Å². The predicted octanol–water partition coefficient (Wildman–Crippen LogP) is 5.15. The lowest BCUT2D eigenvalue weighted by molar-refractivity contribution is 0.765. The third-order valence-corrected chi connectivity index (χ3v) is 3.83. The fourth-order valence-electron chi connectivity index (χ4n) is 1.81. The Morgan fingerprint density at radius 1 is 1.39 bits per heavy atom. The van der Waals surface area contributed by atoms with Gasteiger partial charge in [0.25, 0.3) is 0 Å². The summed E-state index contributed by atoms with van der Waals surface area (Å²) < 4.78 is 2.73. The molecule has 96 valence electrons. The molecule has 0 saturated heterocycles. The van der Waals surface area contributed by atoms with E-state index >= 15 is 0 Å². The van der Waals surface area contributed by atoms with Gasteiger partial charge in [-0.2, -0.15) is 5.10 Å². The van der Waals surface area contributed by atoms with Gasteiger partial charge >= 0.3 is 0 Å². The van der Waals surface area contributed by atoms with E-state index in [0.717, 1.165) is 21.4 Å². The van der Waals surface area contributed by atoms with Crippen LogP contribution in [0, 0.1) is 0 Å². The number of benzene rings is 1. The molecule has 0 atom stereocenters. The minimum absolute atomic E-state index is 0.296. The van der Waals surface area contributed by atoms with Crippen molar-refractivity contribution < 1.29 is 0 Å². The molecule has 0 fully saturated rings. The minimum atomic E-state index is 0.296. The van der Waals surface area contributed by atoms with E-state index < -0.39 is 0 Å². The van der Waals surface area contributed by atoms with Gasteiger partial charge in [0.05, 0.1) is 17.3 Å². The van der Waals surface area contributed by atoms with E-state index in [0.29, 0.717) is 17.0 Å². The van der Waals surface area contributed by atoms with Gasteiger partial charge in [0.15, 0.2) is 0 Å². The summed E-state index contributed by atoms with van der Waals surface area (Å²) in [6.45, 7) is 4.17. The maximum Gasteiger partial charge on any atom is 0.137 e. The molecule has 0 saturated carbocycles. The molecule has 0 aliphatic rings. The topological polar surface area (TPSA) is 17.8 Å². The van der Waals surface area contributed by atoms with Crippen LogP contribution in [0.4, 0.5) is 0 Å². The molecule has 1 aromatic carbocycles. The van der Waals surface area contributed by atoms with E-state index in [-0.39, 0.29) is 0 Å². The molecule has 2 rings (SSSR count). The van der Waals surface area contributed by atoms with E-state index in [1.54, 1.807) is 4.68 Å². The SMILES string of the molecule is CC(C)c1nn(-c2cccc(Br)c2)c(Cl)c1CCl. The lowest BCUT2D eigenvalue weighted by Gasteiger charge is -2.03. The standard InChI is InChI=1S/C13H13BrCl2N2/c1-8(2)12-11(7-15)13(16)18(17-12)10-5-3-4-9(14)6-10/h3-6,8H,7H2,1-2H3. The zero-order chi connectivity index (χ0) is 13.3. The highest BCUT2D eigenvalue weighted by atomic mass is 79.9. The molecule has 0 bridgehead atoms. The van der Waals surface area contributed by atoms with Crippen molar-refractivity contribution in [1.82, 2.24) is 9.78 Å². The first-order chi connectivity index (χ1) is 8.54. The van der Waals surface area contributed by atoms with Gasteiger partial charge in [0.1, 0.15) is 5.15 Å². The van der Waals surface area contributed by atoms with Gasteiger partial charge in [-0.1, -0.05) is 47.4 Å². The van der Waals surface area contributed by atoms with Crippen LogP contribution in [0.5, 0.6) is 0 Å². The fraction of sp³-hybridized carbons (Fsp3) is 0.308. The summed E-state index contributed by atoms with van der Waals surface area (Å²) in [4.78, 5) is 0. The fourth-order valence-corrected chi connectivity index (χ4v) is 2.83. The molecule has 0 radical (unpaired) electrons. The summed E-state index contributed by atoms with van der Waals surface area (Å²) >= 11 is 15.8. The summed E-state index contributed by atoms with van der Waals surface area (Å²) in [5.41, 5.74) is 2.79. The molecule has 0 spiro atoms. The number of hydrogen-bond donors (Lipinski definition) is 0. The van der Waals surface area contributed by atoms with Crippen molar-refractivity contribution in [1.29, 1.82) is 0 Å². The van der Waals surface area contributed by atoms with E-state index in [9.17, 15) is 0 Å². The minimum Gasteiger partial charge on any atom is -0.222 e. The van der Waals surface area contributed by atoms with Crippen molar-refractivity contribution in [2.24, 2.45) is 0 Å². The Kier molecular flexibility index (Phi) is 4.36. The van der Waals surface area contributed by atoms with Crippen LogP contribution in [-0.4, -0.2) is 9.78 Å². The van der Waals surface area contributed by atoms with E-state index in [1.807, 2.05) is 24.3 Å². The molecule has 0 unspecified atom stereocenters. The molecule has 0 amide bonds. The number of hydrogen-bond acceptors (Lipinski definition) is 1. The first-order valence-corrected chi connectivity index (χ1v) is 7.34. The molecule has 0 N–H and O–H groups in total. The Labute approximate surface area is 125 Å². The van der Waals surface area contributed by atoms with Crippen LogP contribution in [0.1, 0.15) is 31.0 Å². The number of halogens is 3. The molecule has 18 heavy (non-hydrogen) atoms. The average Bonchev–Trinajstić information content (AvgIpc) is 2.66. The number of aromatic nitrogens is 2. The predicted molar refractivity (Wildman–Crippen MR) is 79.9 cm³/mol. The monoisotopic (exact) mass is 346 g/mol. The van der Waals surface area contributed by atoms with Gasteiger partial charge < -0.3 is 0 Å². The van der Waals surface area contributed by atoms with Crippen LogP contribution in [0.25, 0.3) is 5.69 Å². The summed E-state index contributed by atoms with van der Waals surface area (Å²) in [6.07, 6.45) is 0. The normalized spacial score (nSPS) is 11.2. The summed E-state index contributed by atoms with van der Waals surface area (Å²) in [5, 5.41) is 5.16. The maximum absolute atomic E-state index is 6.36. The van der Waals surface area contributed by atoms with Crippen molar-refractivity contribution >= 4 is 39.1 Å². The van der Waals surface area contributed by atoms with Gasteiger partial charge in [-0.25, -0.2) is 4.68 Å². The van der Waals surface area contributed by atoms with Crippen LogP contribution in [0.15, 0.2) is 28.7 Å². The van der Waals surface area contributed by atoms with Crippen molar-refractivity contribution in [3.63, 3.8) is 0 Å². The number of alkyl halides is 1. The zero-order valence-electron chi connectivity index (χ0n) is 10.1. The third-order valence-electron chi connectivity index (χ3n) is 2.69. The molecule has 0 aliphatic carbocycles. The first kappa shape index (κ1) is 13.9. The van der Waals surface area contributed by atoms with E-state index in [4.69, 9.17) is 23.2 Å². The first-order valence-electron chi connectivity index (χ1n) is 5.63. The van der Waals surface area contributed by atoms with Crippen molar-refractivity contribution in [2.75, 3.05) is 0 Å². The quantitative estimate of drug-likeness (QED) is 0.702. The number of rotatable bonds is 3. The zero-order valence-corrected chi connectivity index (χ0v) is 13.2.